The largest absolute Gasteiger partial charge is 0.348 e. The number of likely N-dealkylation sites (tertiary alicyclic amines) is 1. The van der Waals surface area contributed by atoms with Crippen LogP contribution < -0.4 is 0 Å². The Hall–Kier alpha value is -2.70. The van der Waals surface area contributed by atoms with E-state index in [-0.39, 0.29) is 11.8 Å². The fraction of sp³-hybridized carbons (Fsp3) is 0.500. The Morgan fingerprint density at radius 2 is 2.00 bits per heavy atom. The number of imidazole rings is 1. The first kappa shape index (κ1) is 17.7. The lowest BCUT2D eigenvalue weighted by Gasteiger charge is -2.50. The second kappa shape index (κ2) is 6.79. The Kier molecular flexibility index (Phi) is 4.45. The summed E-state index contributed by atoms with van der Waals surface area (Å²) >= 11 is 0. The number of nitrogens with one attached hydrogen (secondary N) is 1. The van der Waals surface area contributed by atoms with E-state index in [9.17, 15) is 9.59 Å². The van der Waals surface area contributed by atoms with Crippen LogP contribution in [0.25, 0.3) is 0 Å². The monoisotopic (exact) mass is 367 g/mol. The lowest BCUT2D eigenvalue weighted by atomic mass is 9.78. The molecule has 2 aliphatic rings. The Morgan fingerprint density at radius 3 is 2.70 bits per heavy atom. The van der Waals surface area contributed by atoms with Gasteiger partial charge in [-0.3, -0.25) is 9.59 Å². The van der Waals surface area contributed by atoms with Crippen LogP contribution in [0.1, 0.15) is 53.8 Å². The van der Waals surface area contributed by atoms with E-state index in [0.29, 0.717) is 44.6 Å². The smallest absolute Gasteiger partial charge is 0.272 e. The normalized spacial score (nSPS) is 18.4. The number of nitrogens with zero attached hydrogens (tertiary/aromatic N) is 4. The predicted octanol–water partition coefficient (Wildman–Crippen LogP) is 2.04. The third-order valence-corrected chi connectivity index (χ3v) is 5.85. The number of aryl methyl sites for hydroxylation is 1. The number of piperidine rings is 1. The van der Waals surface area contributed by atoms with Gasteiger partial charge in [-0.25, -0.2) is 9.97 Å². The number of fused-ring (bicyclic) bond motifs is 2. The van der Waals surface area contributed by atoms with Gasteiger partial charge in [-0.2, -0.15) is 0 Å². The number of amides is 2. The molecule has 4 heterocycles. The summed E-state index contributed by atoms with van der Waals surface area (Å²) in [7, 11) is 0. The molecule has 0 radical (unpaired) electrons. The van der Waals surface area contributed by atoms with E-state index in [0.717, 1.165) is 23.5 Å². The van der Waals surface area contributed by atoms with Crippen molar-refractivity contribution in [1.29, 1.82) is 0 Å². The van der Waals surface area contributed by atoms with Gasteiger partial charge in [0, 0.05) is 43.9 Å². The van der Waals surface area contributed by atoms with Gasteiger partial charge in [0.05, 0.1) is 17.6 Å². The van der Waals surface area contributed by atoms with Gasteiger partial charge in [-0.15, -0.1) is 0 Å². The second-order valence-corrected chi connectivity index (χ2v) is 7.37. The molecule has 1 saturated heterocycles. The van der Waals surface area contributed by atoms with Crippen molar-refractivity contribution in [3.8, 4) is 0 Å². The van der Waals surface area contributed by atoms with Crippen molar-refractivity contribution in [3.63, 3.8) is 0 Å². The van der Waals surface area contributed by atoms with Gasteiger partial charge in [0.1, 0.15) is 5.69 Å². The van der Waals surface area contributed by atoms with Gasteiger partial charge in [-0.1, -0.05) is 13.0 Å². The van der Waals surface area contributed by atoms with Crippen LogP contribution >= 0.6 is 0 Å². The summed E-state index contributed by atoms with van der Waals surface area (Å²) in [6.07, 6.45) is 4.42. The number of hydrogen-bond donors (Lipinski definition) is 1. The molecule has 1 fully saturated rings. The van der Waals surface area contributed by atoms with Crippen molar-refractivity contribution in [1.82, 2.24) is 24.8 Å². The van der Waals surface area contributed by atoms with Gasteiger partial charge in [-0.05, 0) is 31.9 Å². The van der Waals surface area contributed by atoms with Gasteiger partial charge in [0.25, 0.3) is 5.91 Å². The van der Waals surface area contributed by atoms with E-state index in [2.05, 4.69) is 15.0 Å². The maximum atomic E-state index is 12.9. The first-order valence-electron chi connectivity index (χ1n) is 9.61. The molecule has 0 bridgehead atoms. The molecule has 0 atom stereocenters. The molecule has 2 aromatic rings. The van der Waals surface area contributed by atoms with Gasteiger partial charge >= 0.3 is 0 Å². The van der Waals surface area contributed by atoms with Crippen molar-refractivity contribution < 1.29 is 9.59 Å². The summed E-state index contributed by atoms with van der Waals surface area (Å²) in [5, 5.41) is 0. The van der Waals surface area contributed by atoms with Crippen LogP contribution in [-0.4, -0.2) is 56.2 Å². The number of carbonyl (C=O) groups excluding carboxylic acids is 2. The fourth-order valence-electron chi connectivity index (χ4n) is 4.44. The minimum Gasteiger partial charge on any atom is -0.348 e. The molecule has 2 aromatic heterocycles. The highest BCUT2D eigenvalue weighted by molar-refractivity contribution is 5.92. The highest BCUT2D eigenvalue weighted by Crippen LogP contribution is 2.42. The van der Waals surface area contributed by atoms with Gasteiger partial charge < -0.3 is 14.8 Å². The van der Waals surface area contributed by atoms with Crippen molar-refractivity contribution in [2.75, 3.05) is 19.6 Å². The van der Waals surface area contributed by atoms with Crippen molar-refractivity contribution in [2.24, 2.45) is 0 Å². The average Bonchev–Trinajstić information content (AvgIpc) is 3.18. The number of rotatable bonds is 2. The summed E-state index contributed by atoms with van der Waals surface area (Å²) in [4.78, 5) is 41.5. The second-order valence-electron chi connectivity index (χ2n) is 7.37. The van der Waals surface area contributed by atoms with Crippen molar-refractivity contribution in [2.45, 2.75) is 45.1 Å². The lowest BCUT2D eigenvalue weighted by molar-refractivity contribution is -0.141. The Balaban J connectivity index is 1.59. The number of hydrogen-bond acceptors (Lipinski definition) is 4. The van der Waals surface area contributed by atoms with Crippen LogP contribution in [0.3, 0.4) is 0 Å². The molecule has 7 heteroatoms. The predicted molar refractivity (Wildman–Crippen MR) is 100 cm³/mol. The fourth-order valence-corrected chi connectivity index (χ4v) is 4.44. The highest BCUT2D eigenvalue weighted by Gasteiger charge is 2.48. The molecule has 2 amide bonds. The SMILES string of the molecule is CCC(=O)N1CCc2[nH]cnc2C12CCN(C(=O)c1cccc(C)n1)CC2. The first-order chi connectivity index (χ1) is 13.0. The summed E-state index contributed by atoms with van der Waals surface area (Å²) in [6.45, 7) is 5.67. The van der Waals surface area contributed by atoms with Crippen LogP contribution in [-0.2, 0) is 16.8 Å². The third-order valence-electron chi connectivity index (χ3n) is 5.85. The average molecular weight is 367 g/mol. The molecule has 27 heavy (non-hydrogen) atoms. The Labute approximate surface area is 158 Å². The maximum absolute atomic E-state index is 12.9. The van der Waals surface area contributed by atoms with Crippen LogP contribution in [0.4, 0.5) is 0 Å². The Morgan fingerprint density at radius 1 is 1.22 bits per heavy atom. The molecule has 0 unspecified atom stereocenters. The topological polar surface area (TPSA) is 82.2 Å². The zero-order chi connectivity index (χ0) is 19.0. The van der Waals surface area contributed by atoms with E-state index in [1.807, 2.05) is 35.8 Å². The minimum atomic E-state index is -0.405. The zero-order valence-electron chi connectivity index (χ0n) is 15.9. The number of carbonyl (C=O) groups is 2. The summed E-state index contributed by atoms with van der Waals surface area (Å²) in [5.74, 6) is 0.115. The molecule has 0 aliphatic carbocycles. The molecule has 4 rings (SSSR count). The third kappa shape index (κ3) is 2.91. The molecule has 0 saturated carbocycles. The van der Waals surface area contributed by atoms with E-state index in [4.69, 9.17) is 0 Å². The molecule has 7 nitrogen and oxygen atoms in total. The van der Waals surface area contributed by atoms with Crippen LogP contribution in [0.5, 0.6) is 0 Å². The number of pyridine rings is 1. The Bertz CT molecular complexity index is 867. The lowest BCUT2D eigenvalue weighted by Crippen LogP contribution is -2.58. The van der Waals surface area contributed by atoms with Crippen molar-refractivity contribution >= 4 is 11.8 Å². The molecular formula is C20H25N5O2. The summed E-state index contributed by atoms with van der Waals surface area (Å²) < 4.78 is 0. The van der Waals surface area contributed by atoms with E-state index < -0.39 is 5.54 Å². The number of H-pyrrole nitrogens is 1. The van der Waals surface area contributed by atoms with E-state index >= 15 is 0 Å². The van der Waals surface area contributed by atoms with Crippen LogP contribution in [0.2, 0.25) is 0 Å². The summed E-state index contributed by atoms with van der Waals surface area (Å²) in [6, 6.07) is 5.51. The molecule has 1 spiro atoms. The van der Waals surface area contributed by atoms with Crippen molar-refractivity contribution in [3.05, 3.63) is 47.3 Å². The maximum Gasteiger partial charge on any atom is 0.272 e. The quantitative estimate of drug-likeness (QED) is 0.881. The standard InChI is InChI=1S/C20H25N5O2/c1-3-17(26)25-10-7-15-18(22-13-21-15)20(25)8-11-24(12-9-20)19(27)16-6-4-5-14(2)23-16/h4-6,13H,3,7-12H2,1-2H3,(H,21,22). The molecule has 1 N–H and O–H groups in total. The van der Waals surface area contributed by atoms with Gasteiger partial charge in [0.2, 0.25) is 5.91 Å². The molecule has 2 aliphatic heterocycles. The van der Waals surface area contributed by atoms with Crippen LogP contribution in [0, 0.1) is 6.92 Å². The molecular weight excluding hydrogens is 342 g/mol. The van der Waals surface area contributed by atoms with E-state index in [1.54, 1.807) is 12.4 Å². The zero-order valence-corrected chi connectivity index (χ0v) is 15.9. The van der Waals surface area contributed by atoms with E-state index in [1.165, 1.54) is 0 Å². The van der Waals surface area contributed by atoms with Gasteiger partial charge in [0.15, 0.2) is 0 Å². The minimum absolute atomic E-state index is 0.0417. The molecule has 142 valence electrons. The first-order valence-corrected chi connectivity index (χ1v) is 9.61. The summed E-state index contributed by atoms with van der Waals surface area (Å²) in [5.41, 5.74) is 3.02. The van der Waals surface area contributed by atoms with Crippen LogP contribution in [0.15, 0.2) is 24.5 Å². The molecule has 0 aromatic carbocycles. The number of aromatic amines is 1. The number of aromatic nitrogens is 3. The highest BCUT2D eigenvalue weighted by atomic mass is 16.2.